The molecule has 1 saturated carbocycles. The second kappa shape index (κ2) is 4.52. The van der Waals surface area contributed by atoms with Gasteiger partial charge >= 0.3 is 6.03 Å². The molecule has 5 heteroatoms. The Morgan fingerprint density at radius 3 is 2.94 bits per heavy atom. The fraction of sp³-hybridized carbons (Fsp3) is 0.231. The van der Waals surface area contributed by atoms with Crippen LogP contribution in [0.25, 0.3) is 5.69 Å². The summed E-state index contributed by atoms with van der Waals surface area (Å²) in [7, 11) is 0. The maximum Gasteiger partial charge on any atom is 0.319 e. The van der Waals surface area contributed by atoms with Crippen molar-refractivity contribution in [1.29, 1.82) is 0 Å². The van der Waals surface area contributed by atoms with E-state index in [0.29, 0.717) is 6.04 Å². The minimum Gasteiger partial charge on any atom is -0.335 e. The van der Waals surface area contributed by atoms with Crippen molar-refractivity contribution in [2.75, 3.05) is 5.32 Å². The number of hydrogen-bond donors (Lipinski definition) is 2. The van der Waals surface area contributed by atoms with Crippen LogP contribution in [-0.4, -0.2) is 21.9 Å². The van der Waals surface area contributed by atoms with Gasteiger partial charge in [0.15, 0.2) is 0 Å². The highest BCUT2D eigenvalue weighted by Gasteiger charge is 2.23. The average Bonchev–Trinajstić information content (AvgIpc) is 3.00. The Morgan fingerprint density at radius 1 is 1.33 bits per heavy atom. The molecule has 0 aliphatic heterocycles. The van der Waals surface area contributed by atoms with E-state index in [1.807, 2.05) is 36.5 Å². The molecule has 2 aromatic rings. The zero-order chi connectivity index (χ0) is 12.4. The van der Waals surface area contributed by atoms with Crippen LogP contribution < -0.4 is 10.6 Å². The van der Waals surface area contributed by atoms with Crippen LogP contribution in [0, 0.1) is 0 Å². The third-order valence-electron chi connectivity index (χ3n) is 2.79. The largest absolute Gasteiger partial charge is 0.335 e. The highest BCUT2D eigenvalue weighted by molar-refractivity contribution is 5.89. The number of amides is 2. The number of nitrogens with zero attached hydrogens (tertiary/aromatic N) is 2. The third kappa shape index (κ3) is 2.51. The standard InChI is InChI=1S/C13H14N4O/c18-13(15-10-5-6-10)16-11-3-1-4-12(9-11)17-8-2-7-14-17/h1-4,7-10H,5-6H2,(H2,15,16,18). The molecule has 1 aliphatic carbocycles. The van der Waals surface area contributed by atoms with Gasteiger partial charge in [-0.05, 0) is 37.1 Å². The number of anilines is 1. The van der Waals surface area contributed by atoms with Crippen LogP contribution in [0.3, 0.4) is 0 Å². The lowest BCUT2D eigenvalue weighted by atomic mass is 10.3. The molecule has 92 valence electrons. The number of carbonyl (C=O) groups is 1. The Morgan fingerprint density at radius 2 is 2.22 bits per heavy atom. The third-order valence-corrected chi connectivity index (χ3v) is 2.79. The van der Waals surface area contributed by atoms with Gasteiger partial charge in [0.25, 0.3) is 0 Å². The molecule has 2 amide bonds. The van der Waals surface area contributed by atoms with Crippen molar-refractivity contribution in [3.05, 3.63) is 42.7 Å². The summed E-state index contributed by atoms with van der Waals surface area (Å²) in [6.45, 7) is 0. The van der Waals surface area contributed by atoms with E-state index < -0.39 is 0 Å². The summed E-state index contributed by atoms with van der Waals surface area (Å²) < 4.78 is 1.75. The molecule has 1 fully saturated rings. The van der Waals surface area contributed by atoms with Gasteiger partial charge in [-0.25, -0.2) is 9.48 Å². The first-order valence-corrected chi connectivity index (χ1v) is 5.99. The predicted molar refractivity (Wildman–Crippen MR) is 68.7 cm³/mol. The molecule has 1 heterocycles. The van der Waals surface area contributed by atoms with E-state index in [0.717, 1.165) is 24.2 Å². The van der Waals surface area contributed by atoms with Crippen molar-refractivity contribution < 1.29 is 4.79 Å². The summed E-state index contributed by atoms with van der Waals surface area (Å²) in [6, 6.07) is 9.66. The maximum absolute atomic E-state index is 11.6. The Bertz CT molecular complexity index is 546. The molecule has 1 aromatic carbocycles. The first-order chi connectivity index (χ1) is 8.81. The SMILES string of the molecule is O=C(Nc1cccc(-n2cccn2)c1)NC1CC1. The molecule has 0 unspecified atom stereocenters. The average molecular weight is 242 g/mol. The van der Waals surface area contributed by atoms with Crippen molar-refractivity contribution in [1.82, 2.24) is 15.1 Å². The quantitative estimate of drug-likeness (QED) is 0.866. The zero-order valence-electron chi connectivity index (χ0n) is 9.84. The summed E-state index contributed by atoms with van der Waals surface area (Å²) in [5.41, 5.74) is 1.69. The minimum atomic E-state index is -0.143. The van der Waals surface area contributed by atoms with Crippen molar-refractivity contribution in [2.45, 2.75) is 18.9 Å². The monoisotopic (exact) mass is 242 g/mol. The highest BCUT2D eigenvalue weighted by atomic mass is 16.2. The van der Waals surface area contributed by atoms with E-state index in [-0.39, 0.29) is 6.03 Å². The summed E-state index contributed by atoms with van der Waals surface area (Å²) in [5.74, 6) is 0. The molecule has 0 spiro atoms. The first-order valence-electron chi connectivity index (χ1n) is 5.99. The van der Waals surface area contributed by atoms with Crippen LogP contribution in [0.15, 0.2) is 42.7 Å². The number of carbonyl (C=O) groups excluding carboxylic acids is 1. The number of rotatable bonds is 3. The molecule has 1 aromatic heterocycles. The summed E-state index contributed by atoms with van der Waals surface area (Å²) in [4.78, 5) is 11.6. The Balaban J connectivity index is 1.72. The van der Waals surface area contributed by atoms with Gasteiger partial charge in [-0.2, -0.15) is 5.10 Å². The van der Waals surface area contributed by atoms with E-state index in [2.05, 4.69) is 15.7 Å². The molecule has 1 aliphatic rings. The van der Waals surface area contributed by atoms with E-state index in [9.17, 15) is 4.79 Å². The Kier molecular flexibility index (Phi) is 2.72. The van der Waals surface area contributed by atoms with Crippen LogP contribution in [0.1, 0.15) is 12.8 Å². The van der Waals surface area contributed by atoms with Gasteiger partial charge in [0, 0.05) is 24.1 Å². The normalized spacial score (nSPS) is 14.2. The minimum absolute atomic E-state index is 0.143. The van der Waals surface area contributed by atoms with E-state index in [4.69, 9.17) is 0 Å². The number of benzene rings is 1. The highest BCUT2D eigenvalue weighted by Crippen LogP contribution is 2.19. The molecule has 0 bridgehead atoms. The lowest BCUT2D eigenvalue weighted by Gasteiger charge is -2.08. The molecule has 3 rings (SSSR count). The van der Waals surface area contributed by atoms with Gasteiger partial charge in [0.1, 0.15) is 0 Å². The van der Waals surface area contributed by atoms with Crippen LogP contribution in [-0.2, 0) is 0 Å². The summed E-state index contributed by atoms with van der Waals surface area (Å²) >= 11 is 0. The number of aromatic nitrogens is 2. The van der Waals surface area contributed by atoms with E-state index >= 15 is 0 Å². The predicted octanol–water partition coefficient (Wildman–Crippen LogP) is 2.16. The van der Waals surface area contributed by atoms with E-state index in [1.165, 1.54) is 0 Å². The molecule has 5 nitrogen and oxygen atoms in total. The first kappa shape index (κ1) is 10.8. The van der Waals surface area contributed by atoms with Gasteiger partial charge in [-0.3, -0.25) is 0 Å². The second-order valence-electron chi connectivity index (χ2n) is 4.37. The second-order valence-corrected chi connectivity index (χ2v) is 4.37. The fourth-order valence-electron chi connectivity index (χ4n) is 1.73. The summed E-state index contributed by atoms with van der Waals surface area (Å²) in [6.07, 6.45) is 5.75. The summed E-state index contributed by atoms with van der Waals surface area (Å²) in [5, 5.41) is 9.86. The lowest BCUT2D eigenvalue weighted by molar-refractivity contribution is 0.251. The maximum atomic E-state index is 11.6. The van der Waals surface area contributed by atoms with Crippen molar-refractivity contribution in [3.8, 4) is 5.69 Å². The Hall–Kier alpha value is -2.30. The van der Waals surface area contributed by atoms with Gasteiger partial charge < -0.3 is 10.6 Å². The molecular formula is C13H14N4O. The number of urea groups is 1. The topological polar surface area (TPSA) is 59.0 Å². The van der Waals surface area contributed by atoms with Crippen LogP contribution >= 0.6 is 0 Å². The van der Waals surface area contributed by atoms with Gasteiger partial charge in [-0.15, -0.1) is 0 Å². The van der Waals surface area contributed by atoms with Crippen LogP contribution in [0.2, 0.25) is 0 Å². The van der Waals surface area contributed by atoms with Gasteiger partial charge in [0.05, 0.1) is 5.69 Å². The van der Waals surface area contributed by atoms with Gasteiger partial charge in [0.2, 0.25) is 0 Å². The molecule has 0 radical (unpaired) electrons. The molecule has 0 atom stereocenters. The smallest absolute Gasteiger partial charge is 0.319 e. The van der Waals surface area contributed by atoms with Crippen molar-refractivity contribution >= 4 is 11.7 Å². The number of hydrogen-bond acceptors (Lipinski definition) is 2. The Labute approximate surface area is 105 Å². The van der Waals surface area contributed by atoms with Gasteiger partial charge in [-0.1, -0.05) is 6.07 Å². The fourth-order valence-corrected chi connectivity index (χ4v) is 1.73. The van der Waals surface area contributed by atoms with Crippen molar-refractivity contribution in [2.24, 2.45) is 0 Å². The van der Waals surface area contributed by atoms with Crippen molar-refractivity contribution in [3.63, 3.8) is 0 Å². The lowest BCUT2D eigenvalue weighted by Crippen LogP contribution is -2.30. The van der Waals surface area contributed by atoms with E-state index in [1.54, 1.807) is 10.9 Å². The number of nitrogens with one attached hydrogen (secondary N) is 2. The van der Waals surface area contributed by atoms with Crippen LogP contribution in [0.4, 0.5) is 10.5 Å². The molecule has 0 saturated heterocycles. The molecular weight excluding hydrogens is 228 g/mol. The zero-order valence-corrected chi connectivity index (χ0v) is 9.84. The molecule has 2 N–H and O–H groups in total. The molecule has 18 heavy (non-hydrogen) atoms. The van der Waals surface area contributed by atoms with Crippen LogP contribution in [0.5, 0.6) is 0 Å².